The number of nitrogens with one attached hydrogen (secondary N) is 2. The van der Waals surface area contributed by atoms with Crippen LogP contribution in [0.5, 0.6) is 0 Å². The van der Waals surface area contributed by atoms with Crippen molar-refractivity contribution in [1.82, 2.24) is 5.32 Å². The molecule has 0 aliphatic rings. The van der Waals surface area contributed by atoms with E-state index in [1.165, 1.54) is 24.3 Å². The number of para-hydroxylation sites is 1. The van der Waals surface area contributed by atoms with Crippen LogP contribution in [0, 0.1) is 6.92 Å². The van der Waals surface area contributed by atoms with Gasteiger partial charge in [0.05, 0.1) is 4.90 Å². The lowest BCUT2D eigenvalue weighted by Crippen LogP contribution is -2.23. The Labute approximate surface area is 159 Å². The molecule has 0 aliphatic heterocycles. The quantitative estimate of drug-likeness (QED) is 0.684. The molecule has 3 aromatic carbocycles. The zero-order chi connectivity index (χ0) is 19.3. The molecule has 0 fully saturated rings. The number of benzene rings is 3. The Balaban J connectivity index is 1.66. The fourth-order valence-corrected chi connectivity index (χ4v) is 3.67. The highest BCUT2D eigenvalue weighted by Gasteiger charge is 2.15. The van der Waals surface area contributed by atoms with Gasteiger partial charge in [0.15, 0.2) is 0 Å². The van der Waals surface area contributed by atoms with Gasteiger partial charge in [-0.2, -0.15) is 0 Å². The van der Waals surface area contributed by atoms with Crippen LogP contribution in [0.1, 0.15) is 21.5 Å². The Morgan fingerprint density at radius 3 is 2.26 bits per heavy atom. The van der Waals surface area contributed by atoms with E-state index in [1.807, 2.05) is 37.3 Å². The summed E-state index contributed by atoms with van der Waals surface area (Å²) < 4.78 is 27.3. The summed E-state index contributed by atoms with van der Waals surface area (Å²) in [5.74, 6) is -0.253. The van der Waals surface area contributed by atoms with Crippen molar-refractivity contribution in [2.45, 2.75) is 18.4 Å². The van der Waals surface area contributed by atoms with Crippen molar-refractivity contribution in [2.75, 3.05) is 4.72 Å². The third kappa shape index (κ3) is 4.95. The monoisotopic (exact) mass is 380 g/mol. The Morgan fingerprint density at radius 2 is 1.59 bits per heavy atom. The van der Waals surface area contributed by atoms with Crippen LogP contribution in [-0.4, -0.2) is 14.3 Å². The fourth-order valence-electron chi connectivity index (χ4n) is 2.61. The third-order valence-corrected chi connectivity index (χ3v) is 5.39. The van der Waals surface area contributed by atoms with Crippen molar-refractivity contribution < 1.29 is 13.2 Å². The molecule has 0 aromatic heterocycles. The number of amides is 1. The first-order chi connectivity index (χ1) is 12.9. The second-order valence-electron chi connectivity index (χ2n) is 6.17. The number of anilines is 1. The Bertz CT molecular complexity index is 1030. The molecule has 6 heteroatoms. The molecule has 0 unspecified atom stereocenters. The summed E-state index contributed by atoms with van der Waals surface area (Å²) >= 11 is 0. The summed E-state index contributed by atoms with van der Waals surface area (Å²) in [6.45, 7) is 2.41. The molecule has 0 heterocycles. The van der Waals surface area contributed by atoms with E-state index in [2.05, 4.69) is 10.0 Å². The van der Waals surface area contributed by atoms with Crippen molar-refractivity contribution in [2.24, 2.45) is 0 Å². The van der Waals surface area contributed by atoms with Crippen molar-refractivity contribution in [1.29, 1.82) is 0 Å². The molecule has 0 atom stereocenters. The van der Waals surface area contributed by atoms with Crippen LogP contribution in [0.2, 0.25) is 0 Å². The Morgan fingerprint density at radius 1 is 0.889 bits per heavy atom. The third-order valence-electron chi connectivity index (χ3n) is 3.99. The van der Waals surface area contributed by atoms with Gasteiger partial charge in [0, 0.05) is 17.8 Å². The summed E-state index contributed by atoms with van der Waals surface area (Å²) in [6.07, 6.45) is 0. The SMILES string of the molecule is Cc1cccc(CNC(=O)c2ccc(S(=O)(=O)Nc3ccccc3)cc2)c1. The summed E-state index contributed by atoms with van der Waals surface area (Å²) in [7, 11) is -3.70. The van der Waals surface area contributed by atoms with Gasteiger partial charge in [0.2, 0.25) is 0 Å². The molecule has 0 radical (unpaired) electrons. The lowest BCUT2D eigenvalue weighted by Gasteiger charge is -2.09. The van der Waals surface area contributed by atoms with E-state index < -0.39 is 10.0 Å². The average Bonchev–Trinajstić information content (AvgIpc) is 2.67. The van der Waals surface area contributed by atoms with Crippen LogP contribution in [0.4, 0.5) is 5.69 Å². The molecule has 138 valence electrons. The normalized spacial score (nSPS) is 11.0. The molecule has 0 spiro atoms. The molecular weight excluding hydrogens is 360 g/mol. The molecule has 0 saturated carbocycles. The van der Waals surface area contributed by atoms with Crippen LogP contribution in [0.3, 0.4) is 0 Å². The smallest absolute Gasteiger partial charge is 0.261 e. The maximum absolute atomic E-state index is 12.4. The molecule has 0 saturated heterocycles. The summed E-state index contributed by atoms with van der Waals surface area (Å²) in [5.41, 5.74) is 3.02. The molecular formula is C21H20N2O3S. The lowest BCUT2D eigenvalue weighted by atomic mass is 10.1. The van der Waals surface area contributed by atoms with Gasteiger partial charge in [0.25, 0.3) is 15.9 Å². The molecule has 5 nitrogen and oxygen atoms in total. The van der Waals surface area contributed by atoms with E-state index in [1.54, 1.807) is 24.3 Å². The molecule has 3 rings (SSSR count). The van der Waals surface area contributed by atoms with E-state index in [0.29, 0.717) is 17.8 Å². The minimum Gasteiger partial charge on any atom is -0.348 e. The van der Waals surface area contributed by atoms with Gasteiger partial charge in [0.1, 0.15) is 0 Å². The van der Waals surface area contributed by atoms with Gasteiger partial charge < -0.3 is 5.32 Å². The van der Waals surface area contributed by atoms with Gasteiger partial charge >= 0.3 is 0 Å². The Kier molecular flexibility index (Phi) is 5.57. The van der Waals surface area contributed by atoms with E-state index >= 15 is 0 Å². The zero-order valence-corrected chi connectivity index (χ0v) is 15.7. The first kappa shape index (κ1) is 18.7. The molecule has 0 bridgehead atoms. The van der Waals surface area contributed by atoms with Crippen LogP contribution in [0.15, 0.2) is 83.8 Å². The number of rotatable bonds is 6. The number of hydrogen-bond donors (Lipinski definition) is 2. The van der Waals surface area contributed by atoms with Crippen molar-refractivity contribution in [3.8, 4) is 0 Å². The molecule has 2 N–H and O–H groups in total. The Hall–Kier alpha value is -3.12. The maximum atomic E-state index is 12.4. The lowest BCUT2D eigenvalue weighted by molar-refractivity contribution is 0.0951. The van der Waals surface area contributed by atoms with Gasteiger partial charge in [-0.25, -0.2) is 8.42 Å². The second kappa shape index (κ2) is 8.05. The number of sulfonamides is 1. The van der Waals surface area contributed by atoms with Gasteiger partial charge in [-0.1, -0.05) is 48.0 Å². The minimum atomic E-state index is -3.70. The van der Waals surface area contributed by atoms with Crippen LogP contribution < -0.4 is 10.0 Å². The topological polar surface area (TPSA) is 75.3 Å². The highest BCUT2D eigenvalue weighted by molar-refractivity contribution is 7.92. The van der Waals surface area contributed by atoms with Crippen LogP contribution in [0.25, 0.3) is 0 Å². The standard InChI is InChI=1S/C21H20N2O3S/c1-16-6-5-7-17(14-16)15-22-21(24)18-10-12-20(13-11-18)27(25,26)23-19-8-3-2-4-9-19/h2-14,23H,15H2,1H3,(H,22,24). The summed E-state index contributed by atoms with van der Waals surface area (Å²) in [5, 5.41) is 2.84. The fraction of sp³-hybridized carbons (Fsp3) is 0.0952. The molecule has 27 heavy (non-hydrogen) atoms. The van der Waals surface area contributed by atoms with E-state index in [-0.39, 0.29) is 10.8 Å². The number of aryl methyl sites for hydroxylation is 1. The first-order valence-electron chi connectivity index (χ1n) is 8.46. The van der Waals surface area contributed by atoms with Gasteiger partial charge in [-0.15, -0.1) is 0 Å². The number of carbonyl (C=O) groups is 1. The van der Waals surface area contributed by atoms with Crippen molar-refractivity contribution >= 4 is 21.6 Å². The van der Waals surface area contributed by atoms with Gasteiger partial charge in [-0.3, -0.25) is 9.52 Å². The number of hydrogen-bond acceptors (Lipinski definition) is 3. The second-order valence-corrected chi connectivity index (χ2v) is 7.85. The van der Waals surface area contributed by atoms with Crippen molar-refractivity contribution in [3.05, 3.63) is 95.6 Å². The predicted molar refractivity (Wildman–Crippen MR) is 106 cm³/mol. The minimum absolute atomic E-state index is 0.0987. The predicted octanol–water partition coefficient (Wildman–Crippen LogP) is 3.73. The van der Waals surface area contributed by atoms with Gasteiger partial charge in [-0.05, 0) is 48.9 Å². The number of carbonyl (C=O) groups excluding carboxylic acids is 1. The van der Waals surface area contributed by atoms with Crippen LogP contribution in [-0.2, 0) is 16.6 Å². The first-order valence-corrected chi connectivity index (χ1v) is 9.94. The molecule has 3 aromatic rings. The molecule has 1 amide bonds. The summed E-state index contributed by atoms with van der Waals surface area (Å²) in [6, 6.07) is 22.4. The summed E-state index contributed by atoms with van der Waals surface area (Å²) in [4.78, 5) is 12.4. The maximum Gasteiger partial charge on any atom is 0.261 e. The highest BCUT2D eigenvalue weighted by atomic mass is 32.2. The van der Waals surface area contributed by atoms with E-state index in [4.69, 9.17) is 0 Å². The average molecular weight is 380 g/mol. The van der Waals surface area contributed by atoms with E-state index in [9.17, 15) is 13.2 Å². The highest BCUT2D eigenvalue weighted by Crippen LogP contribution is 2.16. The van der Waals surface area contributed by atoms with Crippen LogP contribution >= 0.6 is 0 Å². The molecule has 0 aliphatic carbocycles. The zero-order valence-electron chi connectivity index (χ0n) is 14.8. The van der Waals surface area contributed by atoms with Crippen molar-refractivity contribution in [3.63, 3.8) is 0 Å². The van der Waals surface area contributed by atoms with E-state index in [0.717, 1.165) is 11.1 Å². The largest absolute Gasteiger partial charge is 0.348 e.